The summed E-state index contributed by atoms with van der Waals surface area (Å²) in [6, 6.07) is 2.13. The van der Waals surface area contributed by atoms with Gasteiger partial charge in [-0.1, -0.05) is 23.2 Å². The maximum Gasteiger partial charge on any atom is 0.240 e. The molecule has 18 heavy (non-hydrogen) atoms. The second kappa shape index (κ2) is 4.68. The highest BCUT2D eigenvalue weighted by molar-refractivity contribution is 6.35. The summed E-state index contributed by atoms with van der Waals surface area (Å²) >= 11 is 11.6. The van der Waals surface area contributed by atoms with Crippen molar-refractivity contribution in [1.82, 2.24) is 5.32 Å². The van der Waals surface area contributed by atoms with E-state index in [2.05, 4.69) is 5.32 Å². The minimum atomic E-state index is -0.758. The van der Waals surface area contributed by atoms with Gasteiger partial charge in [0.25, 0.3) is 0 Å². The van der Waals surface area contributed by atoms with Crippen LogP contribution in [0.1, 0.15) is 31.4 Å². The van der Waals surface area contributed by atoms with Crippen LogP contribution in [0.3, 0.4) is 0 Å². The molecule has 0 aliphatic heterocycles. The number of rotatable bonds is 3. The quantitative estimate of drug-likeness (QED) is 0.841. The number of nitrogens with one attached hydrogen (secondary N) is 1. The van der Waals surface area contributed by atoms with E-state index in [4.69, 9.17) is 28.9 Å². The molecule has 0 spiro atoms. The standard InChI is InChI=1S/C12H13Cl2FN2O/c1-6(17-11(18)12(16)2-3-12)7-4-10(15)9(14)5-8(7)13/h4-6H,2-3,16H2,1H3,(H,17,18). The summed E-state index contributed by atoms with van der Waals surface area (Å²) in [6.45, 7) is 1.72. The average molecular weight is 291 g/mol. The molecule has 1 unspecified atom stereocenters. The van der Waals surface area contributed by atoms with Crippen molar-refractivity contribution in [3.63, 3.8) is 0 Å². The fraction of sp³-hybridized carbons (Fsp3) is 0.417. The van der Waals surface area contributed by atoms with Crippen LogP contribution in [0.5, 0.6) is 0 Å². The van der Waals surface area contributed by atoms with Crippen LogP contribution in [0.2, 0.25) is 10.0 Å². The molecule has 1 fully saturated rings. The van der Waals surface area contributed by atoms with Crippen molar-refractivity contribution in [2.75, 3.05) is 0 Å². The van der Waals surface area contributed by atoms with Gasteiger partial charge in [-0.25, -0.2) is 4.39 Å². The Balaban J connectivity index is 2.16. The van der Waals surface area contributed by atoms with Crippen LogP contribution in [0, 0.1) is 5.82 Å². The first-order valence-corrected chi connectivity index (χ1v) is 6.33. The Kier molecular flexibility index (Phi) is 3.54. The maximum atomic E-state index is 13.4. The van der Waals surface area contributed by atoms with Crippen molar-refractivity contribution in [3.8, 4) is 0 Å². The molecule has 1 saturated carbocycles. The van der Waals surface area contributed by atoms with Crippen LogP contribution >= 0.6 is 23.2 Å². The van der Waals surface area contributed by atoms with Crippen LogP contribution < -0.4 is 11.1 Å². The van der Waals surface area contributed by atoms with E-state index in [9.17, 15) is 9.18 Å². The highest BCUT2D eigenvalue weighted by atomic mass is 35.5. The number of hydrogen-bond acceptors (Lipinski definition) is 2. The van der Waals surface area contributed by atoms with E-state index < -0.39 is 17.4 Å². The lowest BCUT2D eigenvalue weighted by Gasteiger charge is -2.18. The predicted molar refractivity (Wildman–Crippen MR) is 69.1 cm³/mol. The van der Waals surface area contributed by atoms with Gasteiger partial charge in [-0.2, -0.15) is 0 Å². The summed E-state index contributed by atoms with van der Waals surface area (Å²) in [4.78, 5) is 11.8. The first-order chi connectivity index (χ1) is 8.33. The number of carbonyl (C=O) groups is 1. The van der Waals surface area contributed by atoms with Crippen LogP contribution in [0.15, 0.2) is 12.1 Å². The normalized spacial score (nSPS) is 18.3. The van der Waals surface area contributed by atoms with E-state index in [-0.39, 0.29) is 10.9 Å². The Bertz CT molecular complexity index is 503. The summed E-state index contributed by atoms with van der Waals surface area (Å²) in [5.74, 6) is -0.799. The van der Waals surface area contributed by atoms with Gasteiger partial charge in [0.15, 0.2) is 0 Å². The van der Waals surface area contributed by atoms with Crippen LogP contribution in [-0.4, -0.2) is 11.4 Å². The molecule has 3 N–H and O–H groups in total. The monoisotopic (exact) mass is 290 g/mol. The maximum absolute atomic E-state index is 13.4. The Morgan fingerprint density at radius 3 is 2.61 bits per heavy atom. The van der Waals surface area contributed by atoms with Crippen molar-refractivity contribution in [3.05, 3.63) is 33.6 Å². The molecule has 1 aliphatic carbocycles. The second-order valence-corrected chi connectivity index (χ2v) is 5.45. The van der Waals surface area contributed by atoms with Crippen molar-refractivity contribution in [2.24, 2.45) is 5.73 Å². The molecule has 0 heterocycles. The lowest BCUT2D eigenvalue weighted by molar-refractivity contribution is -0.123. The lowest BCUT2D eigenvalue weighted by atomic mass is 10.1. The zero-order valence-electron chi connectivity index (χ0n) is 9.77. The summed E-state index contributed by atoms with van der Waals surface area (Å²) in [7, 11) is 0. The molecule has 1 aliphatic rings. The summed E-state index contributed by atoms with van der Waals surface area (Å²) in [5, 5.41) is 3.00. The first kappa shape index (κ1) is 13.6. The fourth-order valence-corrected chi connectivity index (χ4v) is 2.20. The molecule has 0 bridgehead atoms. The van der Waals surface area contributed by atoms with E-state index in [0.717, 1.165) is 0 Å². The molecule has 6 heteroatoms. The van der Waals surface area contributed by atoms with Gasteiger partial charge in [0.1, 0.15) is 5.82 Å². The average Bonchev–Trinajstić information content (AvgIpc) is 3.03. The molecule has 0 aromatic heterocycles. The Morgan fingerprint density at radius 1 is 1.44 bits per heavy atom. The van der Waals surface area contributed by atoms with Crippen LogP contribution in [-0.2, 0) is 4.79 Å². The van der Waals surface area contributed by atoms with Gasteiger partial charge in [0.2, 0.25) is 5.91 Å². The van der Waals surface area contributed by atoms with Crippen molar-refractivity contribution in [1.29, 1.82) is 0 Å². The number of amides is 1. The molecule has 1 aromatic carbocycles. The molecule has 0 saturated heterocycles. The van der Waals surface area contributed by atoms with Crippen molar-refractivity contribution in [2.45, 2.75) is 31.3 Å². The first-order valence-electron chi connectivity index (χ1n) is 5.58. The topological polar surface area (TPSA) is 55.1 Å². The van der Waals surface area contributed by atoms with Crippen LogP contribution in [0.25, 0.3) is 0 Å². The van der Waals surface area contributed by atoms with E-state index in [1.165, 1.54) is 12.1 Å². The Labute approximate surface area is 114 Å². The van der Waals surface area contributed by atoms with Crippen LogP contribution in [0.4, 0.5) is 4.39 Å². The summed E-state index contributed by atoms with van der Waals surface area (Å²) in [5.41, 5.74) is 5.49. The van der Waals surface area contributed by atoms with Gasteiger partial charge in [0.05, 0.1) is 16.6 Å². The number of halogens is 3. The smallest absolute Gasteiger partial charge is 0.240 e. The molecular weight excluding hydrogens is 278 g/mol. The predicted octanol–water partition coefficient (Wildman–Crippen LogP) is 2.80. The number of benzene rings is 1. The minimum Gasteiger partial charge on any atom is -0.348 e. The number of carbonyl (C=O) groups excluding carboxylic acids is 1. The third kappa shape index (κ3) is 2.60. The highest BCUT2D eigenvalue weighted by Crippen LogP contribution is 2.34. The Morgan fingerprint density at radius 2 is 2.06 bits per heavy atom. The third-order valence-corrected chi connectivity index (χ3v) is 3.71. The zero-order chi connectivity index (χ0) is 13.5. The van der Waals surface area contributed by atoms with Gasteiger partial charge >= 0.3 is 0 Å². The molecule has 0 radical (unpaired) electrons. The molecule has 1 amide bonds. The van der Waals surface area contributed by atoms with E-state index >= 15 is 0 Å². The van der Waals surface area contributed by atoms with Gasteiger partial charge in [-0.15, -0.1) is 0 Å². The van der Waals surface area contributed by atoms with Gasteiger partial charge in [-0.3, -0.25) is 4.79 Å². The minimum absolute atomic E-state index is 0.0419. The van der Waals surface area contributed by atoms with Gasteiger partial charge in [0, 0.05) is 5.02 Å². The molecule has 98 valence electrons. The second-order valence-electron chi connectivity index (χ2n) is 4.64. The SMILES string of the molecule is CC(NC(=O)C1(N)CC1)c1cc(F)c(Cl)cc1Cl. The molecule has 1 aromatic rings. The van der Waals surface area contributed by atoms with Gasteiger partial charge < -0.3 is 11.1 Å². The summed E-state index contributed by atoms with van der Waals surface area (Å²) < 4.78 is 13.4. The summed E-state index contributed by atoms with van der Waals surface area (Å²) in [6.07, 6.45) is 1.35. The molecule has 2 rings (SSSR count). The number of nitrogens with two attached hydrogens (primary N) is 1. The number of hydrogen-bond donors (Lipinski definition) is 2. The van der Waals surface area contributed by atoms with Crippen molar-refractivity contribution < 1.29 is 9.18 Å². The molecule has 1 atom stereocenters. The third-order valence-electron chi connectivity index (χ3n) is 3.09. The Hall–Kier alpha value is -0.840. The van der Waals surface area contributed by atoms with Crippen molar-refractivity contribution >= 4 is 29.1 Å². The van der Waals surface area contributed by atoms with E-state index in [1.54, 1.807) is 6.92 Å². The van der Waals surface area contributed by atoms with E-state index in [1.807, 2.05) is 0 Å². The molecule has 3 nitrogen and oxygen atoms in total. The largest absolute Gasteiger partial charge is 0.348 e. The fourth-order valence-electron chi connectivity index (χ4n) is 1.65. The highest BCUT2D eigenvalue weighted by Gasteiger charge is 2.46. The molecular formula is C12H13Cl2FN2O. The van der Waals surface area contributed by atoms with Gasteiger partial charge in [-0.05, 0) is 37.5 Å². The lowest BCUT2D eigenvalue weighted by Crippen LogP contribution is -2.43. The zero-order valence-corrected chi connectivity index (χ0v) is 11.3. The van der Waals surface area contributed by atoms with E-state index in [0.29, 0.717) is 23.4 Å².